The predicted molar refractivity (Wildman–Crippen MR) is 79.3 cm³/mol. The summed E-state index contributed by atoms with van der Waals surface area (Å²) in [5, 5.41) is 3.46. The largest absolute Gasteiger partial charge is 0.370 e. The van der Waals surface area contributed by atoms with E-state index in [-0.39, 0.29) is 0 Å². The van der Waals surface area contributed by atoms with Gasteiger partial charge in [0.1, 0.15) is 11.6 Å². The maximum atomic E-state index is 6.03. The van der Waals surface area contributed by atoms with Gasteiger partial charge >= 0.3 is 0 Å². The van der Waals surface area contributed by atoms with Gasteiger partial charge in [-0.3, -0.25) is 0 Å². The predicted octanol–water partition coefficient (Wildman–Crippen LogP) is 2.84. The molecule has 0 aromatic carbocycles. The molecule has 4 nitrogen and oxygen atoms in total. The van der Waals surface area contributed by atoms with Crippen LogP contribution in [-0.4, -0.2) is 22.6 Å². The average Bonchev–Trinajstić information content (AvgIpc) is 2.36. The summed E-state index contributed by atoms with van der Waals surface area (Å²) in [6.07, 6.45) is 4.85. The minimum Gasteiger partial charge on any atom is -0.370 e. The number of nitrogens with zero attached hydrogens (tertiary/aromatic N) is 2. The molecule has 19 heavy (non-hydrogen) atoms. The average molecular weight is 262 g/mol. The lowest BCUT2D eigenvalue weighted by Gasteiger charge is -2.26. The number of rotatable bonds is 4. The van der Waals surface area contributed by atoms with E-state index in [9.17, 15) is 0 Å². The Bertz CT molecular complexity index is 417. The molecule has 1 fully saturated rings. The van der Waals surface area contributed by atoms with Crippen LogP contribution in [0.1, 0.15) is 57.0 Å². The van der Waals surface area contributed by atoms with Crippen molar-refractivity contribution >= 4 is 5.82 Å². The molecule has 0 radical (unpaired) electrons. The summed E-state index contributed by atoms with van der Waals surface area (Å²) in [5.41, 5.74) is 7.06. The van der Waals surface area contributed by atoms with Gasteiger partial charge in [-0.05, 0) is 32.1 Å². The van der Waals surface area contributed by atoms with Gasteiger partial charge in [-0.2, -0.15) is 0 Å². The van der Waals surface area contributed by atoms with E-state index >= 15 is 0 Å². The van der Waals surface area contributed by atoms with Crippen molar-refractivity contribution in [3.8, 4) is 0 Å². The molecular weight excluding hydrogens is 236 g/mol. The topological polar surface area (TPSA) is 63.8 Å². The second-order valence-corrected chi connectivity index (χ2v) is 6.08. The van der Waals surface area contributed by atoms with E-state index in [1.165, 1.54) is 19.3 Å². The van der Waals surface area contributed by atoms with Gasteiger partial charge in [0.05, 0.1) is 0 Å². The van der Waals surface area contributed by atoms with Crippen LogP contribution in [0.3, 0.4) is 0 Å². The number of nitrogens with two attached hydrogens (primary N) is 1. The zero-order valence-electron chi connectivity index (χ0n) is 12.3. The van der Waals surface area contributed by atoms with Gasteiger partial charge < -0.3 is 11.1 Å². The molecule has 0 amide bonds. The molecule has 1 aromatic rings. The fraction of sp³-hybridized carbons (Fsp3) is 0.733. The van der Waals surface area contributed by atoms with Crippen molar-refractivity contribution in [3.05, 3.63) is 17.6 Å². The molecule has 2 unspecified atom stereocenters. The number of hydrogen-bond donors (Lipinski definition) is 2. The van der Waals surface area contributed by atoms with Crippen LogP contribution in [0.2, 0.25) is 0 Å². The Morgan fingerprint density at radius 3 is 2.84 bits per heavy atom. The van der Waals surface area contributed by atoms with Crippen LogP contribution in [-0.2, 0) is 0 Å². The van der Waals surface area contributed by atoms with Crippen molar-refractivity contribution in [2.45, 2.75) is 58.4 Å². The van der Waals surface area contributed by atoms with E-state index in [0.717, 1.165) is 30.3 Å². The molecule has 1 aliphatic rings. The van der Waals surface area contributed by atoms with Crippen molar-refractivity contribution < 1.29 is 0 Å². The lowest BCUT2D eigenvalue weighted by atomic mass is 9.86. The van der Waals surface area contributed by atoms with Gasteiger partial charge in [-0.25, -0.2) is 9.97 Å². The van der Waals surface area contributed by atoms with Crippen LogP contribution >= 0.6 is 0 Å². The number of hydrogen-bond acceptors (Lipinski definition) is 4. The molecule has 106 valence electrons. The summed E-state index contributed by atoms with van der Waals surface area (Å²) in [5.74, 6) is 2.92. The smallest absolute Gasteiger partial charge is 0.133 e. The highest BCUT2D eigenvalue weighted by atomic mass is 15.0. The second-order valence-electron chi connectivity index (χ2n) is 6.08. The summed E-state index contributed by atoms with van der Waals surface area (Å²) in [6.45, 7) is 7.24. The van der Waals surface area contributed by atoms with Crippen molar-refractivity contribution in [1.29, 1.82) is 0 Å². The molecule has 0 bridgehead atoms. The molecular formula is C15H26N4. The SMILES string of the molecule is Cc1cc(NCC2CCCC(N)C2)nc(C(C)C)n1. The monoisotopic (exact) mass is 262 g/mol. The number of anilines is 1. The highest BCUT2D eigenvalue weighted by Crippen LogP contribution is 2.23. The first-order valence-electron chi connectivity index (χ1n) is 7.39. The Hall–Kier alpha value is -1.16. The Morgan fingerprint density at radius 2 is 2.16 bits per heavy atom. The molecule has 1 aliphatic carbocycles. The maximum Gasteiger partial charge on any atom is 0.133 e. The van der Waals surface area contributed by atoms with E-state index in [1.807, 2.05) is 13.0 Å². The van der Waals surface area contributed by atoms with E-state index in [1.54, 1.807) is 0 Å². The standard InChI is InChI=1S/C15H26N4/c1-10(2)15-18-11(3)7-14(19-15)17-9-12-5-4-6-13(16)8-12/h7,10,12-13H,4-6,8-9,16H2,1-3H3,(H,17,18,19). The maximum absolute atomic E-state index is 6.03. The summed E-state index contributed by atoms with van der Waals surface area (Å²) in [7, 11) is 0. The normalized spacial score (nSPS) is 23.6. The molecule has 3 N–H and O–H groups in total. The van der Waals surface area contributed by atoms with Crippen molar-refractivity contribution in [2.75, 3.05) is 11.9 Å². The third-order valence-corrected chi connectivity index (χ3v) is 3.78. The van der Waals surface area contributed by atoms with E-state index < -0.39 is 0 Å². The Kier molecular flexibility index (Phi) is 4.75. The lowest BCUT2D eigenvalue weighted by molar-refractivity contribution is 0.334. The van der Waals surface area contributed by atoms with E-state index in [2.05, 4.69) is 29.1 Å². The van der Waals surface area contributed by atoms with Crippen LogP contribution < -0.4 is 11.1 Å². The Balaban J connectivity index is 1.95. The van der Waals surface area contributed by atoms with Crippen molar-refractivity contribution in [2.24, 2.45) is 11.7 Å². The highest BCUT2D eigenvalue weighted by molar-refractivity contribution is 5.36. The Morgan fingerprint density at radius 1 is 1.37 bits per heavy atom. The van der Waals surface area contributed by atoms with Crippen molar-refractivity contribution in [1.82, 2.24) is 9.97 Å². The summed E-state index contributed by atoms with van der Waals surface area (Å²) in [6, 6.07) is 2.41. The van der Waals surface area contributed by atoms with Crippen LogP contribution in [0.5, 0.6) is 0 Å². The molecule has 2 rings (SSSR count). The minimum absolute atomic E-state index is 0.364. The lowest BCUT2D eigenvalue weighted by Crippen LogP contribution is -2.31. The molecule has 0 spiro atoms. The zero-order valence-corrected chi connectivity index (χ0v) is 12.3. The summed E-state index contributed by atoms with van der Waals surface area (Å²) in [4.78, 5) is 9.05. The first-order valence-corrected chi connectivity index (χ1v) is 7.39. The molecule has 2 atom stereocenters. The van der Waals surface area contributed by atoms with Crippen LogP contribution in [0, 0.1) is 12.8 Å². The molecule has 1 heterocycles. The van der Waals surface area contributed by atoms with Gasteiger partial charge in [-0.1, -0.05) is 20.3 Å². The van der Waals surface area contributed by atoms with Crippen LogP contribution in [0.25, 0.3) is 0 Å². The van der Waals surface area contributed by atoms with Gasteiger partial charge in [0, 0.05) is 30.3 Å². The van der Waals surface area contributed by atoms with Gasteiger partial charge in [0.15, 0.2) is 0 Å². The number of aromatic nitrogens is 2. The molecule has 4 heteroatoms. The van der Waals surface area contributed by atoms with Crippen LogP contribution in [0.15, 0.2) is 6.07 Å². The van der Waals surface area contributed by atoms with Gasteiger partial charge in [0.25, 0.3) is 0 Å². The molecule has 1 aromatic heterocycles. The van der Waals surface area contributed by atoms with E-state index in [0.29, 0.717) is 17.9 Å². The first kappa shape index (κ1) is 14.3. The Labute approximate surface area is 116 Å². The highest BCUT2D eigenvalue weighted by Gasteiger charge is 2.19. The third-order valence-electron chi connectivity index (χ3n) is 3.78. The fourth-order valence-electron chi connectivity index (χ4n) is 2.71. The van der Waals surface area contributed by atoms with Crippen molar-refractivity contribution in [3.63, 3.8) is 0 Å². The quantitative estimate of drug-likeness (QED) is 0.875. The third kappa shape index (κ3) is 4.16. The minimum atomic E-state index is 0.364. The van der Waals surface area contributed by atoms with Gasteiger partial charge in [-0.15, -0.1) is 0 Å². The first-order chi connectivity index (χ1) is 9.04. The fourth-order valence-corrected chi connectivity index (χ4v) is 2.71. The van der Waals surface area contributed by atoms with Crippen LogP contribution in [0.4, 0.5) is 5.82 Å². The second kappa shape index (κ2) is 6.33. The summed E-state index contributed by atoms with van der Waals surface area (Å²) >= 11 is 0. The molecule has 0 saturated heterocycles. The number of nitrogens with one attached hydrogen (secondary N) is 1. The zero-order chi connectivity index (χ0) is 13.8. The van der Waals surface area contributed by atoms with E-state index in [4.69, 9.17) is 5.73 Å². The molecule has 1 saturated carbocycles. The number of aryl methyl sites for hydroxylation is 1. The van der Waals surface area contributed by atoms with Gasteiger partial charge in [0.2, 0.25) is 0 Å². The summed E-state index contributed by atoms with van der Waals surface area (Å²) < 4.78 is 0. The molecule has 0 aliphatic heterocycles.